The van der Waals surface area contributed by atoms with Crippen molar-refractivity contribution < 1.29 is 14.6 Å². The van der Waals surface area contributed by atoms with E-state index >= 15 is 0 Å². The van der Waals surface area contributed by atoms with E-state index in [0.717, 1.165) is 6.54 Å². The Morgan fingerprint density at radius 1 is 1.61 bits per heavy atom. The summed E-state index contributed by atoms with van der Waals surface area (Å²) in [4.78, 5) is 15.1. The molecule has 1 heterocycles. The molecular formula is C12H21N3O3. The second-order valence-electron chi connectivity index (χ2n) is 4.23. The van der Waals surface area contributed by atoms with Crippen LogP contribution in [-0.4, -0.2) is 45.9 Å². The topological polar surface area (TPSA) is 76.4 Å². The number of nitrogens with one attached hydrogen (secondary N) is 1. The second-order valence-corrected chi connectivity index (χ2v) is 4.23. The smallest absolute Gasteiger partial charge is 0.308 e. The fourth-order valence-electron chi connectivity index (χ4n) is 1.60. The van der Waals surface area contributed by atoms with Gasteiger partial charge in [-0.25, -0.2) is 4.98 Å². The van der Waals surface area contributed by atoms with E-state index in [1.807, 2.05) is 17.7 Å². The number of esters is 1. The summed E-state index contributed by atoms with van der Waals surface area (Å²) in [6.07, 6.45) is 4.66. The molecule has 0 aliphatic carbocycles. The summed E-state index contributed by atoms with van der Waals surface area (Å²) in [6.45, 7) is 5.24. The largest absolute Gasteiger partial charge is 0.466 e. The third-order valence-electron chi connectivity index (χ3n) is 2.45. The molecule has 6 heteroatoms. The molecule has 0 amide bonds. The highest BCUT2D eigenvalue weighted by Gasteiger charge is 2.12. The van der Waals surface area contributed by atoms with E-state index in [4.69, 9.17) is 4.74 Å². The van der Waals surface area contributed by atoms with Crippen LogP contribution in [0.25, 0.3) is 0 Å². The van der Waals surface area contributed by atoms with E-state index in [-0.39, 0.29) is 18.4 Å². The Kier molecular flexibility index (Phi) is 6.38. The van der Waals surface area contributed by atoms with Crippen molar-refractivity contribution in [2.75, 3.05) is 13.2 Å². The number of carbonyl (C=O) groups is 1. The molecule has 0 spiro atoms. The molecule has 1 aromatic rings. The minimum atomic E-state index is -0.714. The van der Waals surface area contributed by atoms with Crippen LogP contribution in [0, 0.1) is 0 Å². The Morgan fingerprint density at radius 3 is 3.00 bits per heavy atom. The van der Waals surface area contributed by atoms with E-state index in [9.17, 15) is 9.90 Å². The zero-order chi connectivity index (χ0) is 13.4. The average Bonchev–Trinajstić information content (AvgIpc) is 2.79. The Morgan fingerprint density at radius 2 is 2.39 bits per heavy atom. The van der Waals surface area contributed by atoms with Crippen LogP contribution < -0.4 is 5.32 Å². The normalized spacial score (nSPS) is 14.2. The average molecular weight is 255 g/mol. The fraction of sp³-hybridized carbons (Fsp3) is 0.667. The summed E-state index contributed by atoms with van der Waals surface area (Å²) in [5.41, 5.74) is 0. The van der Waals surface area contributed by atoms with Crippen LogP contribution in [0.1, 0.15) is 20.3 Å². The molecule has 0 saturated heterocycles. The Labute approximate surface area is 107 Å². The van der Waals surface area contributed by atoms with Gasteiger partial charge in [0.25, 0.3) is 0 Å². The van der Waals surface area contributed by atoms with Crippen molar-refractivity contribution in [1.29, 1.82) is 0 Å². The van der Waals surface area contributed by atoms with Crippen LogP contribution in [0.5, 0.6) is 0 Å². The number of aliphatic hydroxyl groups is 1. The van der Waals surface area contributed by atoms with Crippen LogP contribution in [0.4, 0.5) is 0 Å². The van der Waals surface area contributed by atoms with Crippen LogP contribution in [-0.2, 0) is 16.1 Å². The monoisotopic (exact) mass is 255 g/mol. The summed E-state index contributed by atoms with van der Waals surface area (Å²) >= 11 is 0. The summed E-state index contributed by atoms with van der Waals surface area (Å²) in [7, 11) is 0. The molecule has 0 bridgehead atoms. The Balaban J connectivity index is 2.17. The van der Waals surface area contributed by atoms with Gasteiger partial charge in [-0.2, -0.15) is 0 Å². The number of aromatic nitrogens is 2. The Bertz CT molecular complexity index is 340. The first-order valence-corrected chi connectivity index (χ1v) is 6.14. The zero-order valence-corrected chi connectivity index (χ0v) is 10.9. The van der Waals surface area contributed by atoms with E-state index in [0.29, 0.717) is 13.2 Å². The van der Waals surface area contributed by atoms with E-state index in [2.05, 4.69) is 10.3 Å². The summed E-state index contributed by atoms with van der Waals surface area (Å²) < 4.78 is 6.72. The first-order chi connectivity index (χ1) is 8.61. The zero-order valence-electron chi connectivity index (χ0n) is 10.9. The van der Waals surface area contributed by atoms with Gasteiger partial charge in [-0.15, -0.1) is 0 Å². The van der Waals surface area contributed by atoms with Crippen molar-refractivity contribution in [2.45, 2.75) is 39.0 Å². The number of nitrogens with zero attached hydrogens (tertiary/aromatic N) is 2. The van der Waals surface area contributed by atoms with Gasteiger partial charge in [0.05, 0.1) is 25.5 Å². The molecule has 102 valence electrons. The van der Waals surface area contributed by atoms with Crippen molar-refractivity contribution in [3.63, 3.8) is 0 Å². The second kappa shape index (κ2) is 7.84. The lowest BCUT2D eigenvalue weighted by Crippen LogP contribution is -2.37. The van der Waals surface area contributed by atoms with Crippen molar-refractivity contribution >= 4 is 5.97 Å². The molecule has 0 radical (unpaired) electrons. The minimum Gasteiger partial charge on any atom is -0.466 e. The van der Waals surface area contributed by atoms with Gasteiger partial charge in [-0.3, -0.25) is 4.79 Å². The first kappa shape index (κ1) is 14.7. The summed E-state index contributed by atoms with van der Waals surface area (Å²) in [6, 6.07) is 0.191. The molecule has 0 aliphatic heterocycles. The Hall–Kier alpha value is -1.40. The number of carbonyl (C=O) groups excluding carboxylic acids is 1. The van der Waals surface area contributed by atoms with Crippen LogP contribution in [0.3, 0.4) is 0 Å². The van der Waals surface area contributed by atoms with Gasteiger partial charge in [0.2, 0.25) is 0 Å². The van der Waals surface area contributed by atoms with Crippen molar-refractivity contribution in [3.05, 3.63) is 18.7 Å². The highest BCUT2D eigenvalue weighted by molar-refractivity contribution is 5.69. The molecule has 0 saturated carbocycles. The maximum Gasteiger partial charge on any atom is 0.308 e. The number of hydrogen-bond acceptors (Lipinski definition) is 5. The van der Waals surface area contributed by atoms with Crippen LogP contribution in [0.15, 0.2) is 18.7 Å². The van der Waals surface area contributed by atoms with Gasteiger partial charge in [0, 0.05) is 31.5 Å². The van der Waals surface area contributed by atoms with Crippen molar-refractivity contribution in [3.8, 4) is 0 Å². The maximum absolute atomic E-state index is 11.1. The van der Waals surface area contributed by atoms with E-state index < -0.39 is 6.10 Å². The number of imidazole rings is 1. The van der Waals surface area contributed by atoms with Gasteiger partial charge in [-0.1, -0.05) is 0 Å². The molecule has 2 unspecified atom stereocenters. The third-order valence-corrected chi connectivity index (χ3v) is 2.45. The highest BCUT2D eigenvalue weighted by Crippen LogP contribution is 1.96. The lowest BCUT2D eigenvalue weighted by Gasteiger charge is -2.17. The first-order valence-electron chi connectivity index (χ1n) is 6.14. The van der Waals surface area contributed by atoms with Crippen molar-refractivity contribution in [2.24, 2.45) is 0 Å². The predicted molar refractivity (Wildman–Crippen MR) is 66.9 cm³/mol. The molecule has 6 nitrogen and oxygen atoms in total. The number of hydrogen-bond donors (Lipinski definition) is 2. The quantitative estimate of drug-likeness (QED) is 0.648. The third kappa shape index (κ3) is 5.79. The van der Waals surface area contributed by atoms with Gasteiger partial charge in [0.15, 0.2) is 0 Å². The van der Waals surface area contributed by atoms with Gasteiger partial charge in [0.1, 0.15) is 0 Å². The molecule has 2 atom stereocenters. The van der Waals surface area contributed by atoms with E-state index in [1.165, 1.54) is 0 Å². The maximum atomic E-state index is 11.1. The molecular weight excluding hydrogens is 234 g/mol. The molecule has 1 aromatic heterocycles. The van der Waals surface area contributed by atoms with Gasteiger partial charge >= 0.3 is 5.97 Å². The molecule has 1 rings (SSSR count). The number of ether oxygens (including phenoxy) is 1. The van der Waals surface area contributed by atoms with Crippen molar-refractivity contribution in [1.82, 2.24) is 14.9 Å². The van der Waals surface area contributed by atoms with Crippen LogP contribution >= 0.6 is 0 Å². The fourth-order valence-corrected chi connectivity index (χ4v) is 1.60. The predicted octanol–water partition coefficient (Wildman–Crippen LogP) is 0.175. The minimum absolute atomic E-state index is 0.0264. The number of aliphatic hydroxyl groups excluding tert-OH is 1. The molecule has 18 heavy (non-hydrogen) atoms. The van der Waals surface area contributed by atoms with Crippen LogP contribution in [0.2, 0.25) is 0 Å². The van der Waals surface area contributed by atoms with Gasteiger partial charge < -0.3 is 19.7 Å². The summed E-state index contributed by atoms with van der Waals surface area (Å²) in [5.74, 6) is -0.367. The summed E-state index contributed by atoms with van der Waals surface area (Å²) in [5, 5.41) is 12.8. The lowest BCUT2D eigenvalue weighted by molar-refractivity contribution is -0.145. The highest BCUT2D eigenvalue weighted by atomic mass is 16.5. The SMILES string of the molecule is CCOC(=O)CC(O)CNC(C)Cn1ccnc1. The van der Waals surface area contributed by atoms with E-state index in [1.54, 1.807) is 19.4 Å². The molecule has 0 aromatic carbocycles. The molecule has 2 N–H and O–H groups in total. The standard InChI is InChI=1S/C12H21N3O3/c1-3-18-12(17)6-11(16)7-14-10(2)8-15-5-4-13-9-15/h4-5,9-11,14,16H,3,6-8H2,1-2H3. The van der Waals surface area contributed by atoms with Gasteiger partial charge in [-0.05, 0) is 13.8 Å². The molecule has 0 fully saturated rings. The number of rotatable bonds is 8. The lowest BCUT2D eigenvalue weighted by atomic mass is 10.2. The molecule has 0 aliphatic rings.